The molecule has 0 aliphatic rings. The molecule has 0 saturated carbocycles. The van der Waals surface area contributed by atoms with E-state index >= 15 is 0 Å². The molecule has 1 heterocycles. The van der Waals surface area contributed by atoms with Crippen LogP contribution in [0.25, 0.3) is 10.9 Å². The summed E-state index contributed by atoms with van der Waals surface area (Å²) in [6.07, 6.45) is 1.96. The highest BCUT2D eigenvalue weighted by Gasteiger charge is 2.28. The number of carboxylic acid groups (broad SMARTS) is 1. The second kappa shape index (κ2) is 5.57. The first kappa shape index (κ1) is 15.1. The molecular formula is C15H19N3O3. The van der Waals surface area contributed by atoms with Gasteiger partial charge in [-0.25, -0.2) is 4.79 Å². The lowest BCUT2D eigenvalue weighted by molar-refractivity contribution is -0.142. The smallest absolute Gasteiger partial charge is 0.326 e. The van der Waals surface area contributed by atoms with Crippen LogP contribution in [0.3, 0.4) is 0 Å². The molecule has 2 rings (SSSR count). The van der Waals surface area contributed by atoms with E-state index in [1.807, 2.05) is 24.3 Å². The van der Waals surface area contributed by atoms with E-state index < -0.39 is 23.5 Å². The Labute approximate surface area is 122 Å². The number of para-hydroxylation sites is 1. The number of carbonyl (C=O) groups is 2. The molecule has 0 saturated heterocycles. The Bertz CT molecular complexity index is 670. The SMILES string of the molecule is CC(C)(N)C(=O)N[C@H](Cc1c[nH]c2ccccc12)C(=O)O. The monoisotopic (exact) mass is 289 g/mol. The summed E-state index contributed by atoms with van der Waals surface area (Å²) < 4.78 is 0. The van der Waals surface area contributed by atoms with Crippen molar-refractivity contribution in [3.63, 3.8) is 0 Å². The molecule has 0 radical (unpaired) electrons. The second-order valence-electron chi connectivity index (χ2n) is 5.65. The molecule has 0 fully saturated rings. The summed E-state index contributed by atoms with van der Waals surface area (Å²) >= 11 is 0. The van der Waals surface area contributed by atoms with Crippen LogP contribution in [-0.2, 0) is 16.0 Å². The predicted octanol–water partition coefficient (Wildman–Crippen LogP) is 1.02. The lowest BCUT2D eigenvalue weighted by atomic mass is 10.0. The molecule has 0 unspecified atom stereocenters. The molecule has 6 heteroatoms. The first-order chi connectivity index (χ1) is 9.79. The number of H-pyrrole nitrogens is 1. The molecule has 0 spiro atoms. The Kier molecular flexibility index (Phi) is 3.99. The molecule has 1 amide bonds. The summed E-state index contributed by atoms with van der Waals surface area (Å²) in [5.74, 6) is -1.58. The maximum absolute atomic E-state index is 11.9. The topological polar surface area (TPSA) is 108 Å². The van der Waals surface area contributed by atoms with Gasteiger partial charge in [-0.05, 0) is 25.5 Å². The van der Waals surface area contributed by atoms with Crippen molar-refractivity contribution in [2.75, 3.05) is 0 Å². The van der Waals surface area contributed by atoms with Gasteiger partial charge in [0.2, 0.25) is 5.91 Å². The third-order valence-corrected chi connectivity index (χ3v) is 3.29. The highest BCUT2D eigenvalue weighted by molar-refractivity contribution is 5.90. The van der Waals surface area contributed by atoms with Crippen molar-refractivity contribution in [1.82, 2.24) is 10.3 Å². The van der Waals surface area contributed by atoms with E-state index in [9.17, 15) is 14.7 Å². The Balaban J connectivity index is 2.21. The average molecular weight is 289 g/mol. The van der Waals surface area contributed by atoms with Crippen molar-refractivity contribution >= 4 is 22.8 Å². The number of fused-ring (bicyclic) bond motifs is 1. The van der Waals surface area contributed by atoms with Crippen molar-refractivity contribution in [1.29, 1.82) is 0 Å². The minimum atomic E-state index is -1.12. The normalized spacial score (nSPS) is 13.1. The number of hydrogen-bond acceptors (Lipinski definition) is 3. The van der Waals surface area contributed by atoms with Crippen LogP contribution in [0.2, 0.25) is 0 Å². The summed E-state index contributed by atoms with van der Waals surface area (Å²) in [5, 5.41) is 12.7. The van der Waals surface area contributed by atoms with Crippen LogP contribution in [0, 0.1) is 0 Å². The zero-order valence-electron chi connectivity index (χ0n) is 12.0. The minimum Gasteiger partial charge on any atom is -0.480 e. The van der Waals surface area contributed by atoms with Crippen LogP contribution in [0.5, 0.6) is 0 Å². The van der Waals surface area contributed by atoms with Crippen molar-refractivity contribution < 1.29 is 14.7 Å². The molecule has 0 bridgehead atoms. The maximum atomic E-state index is 11.9. The summed E-state index contributed by atoms with van der Waals surface area (Å²) in [4.78, 5) is 26.3. The van der Waals surface area contributed by atoms with E-state index in [0.29, 0.717) is 0 Å². The van der Waals surface area contributed by atoms with Gasteiger partial charge in [-0.1, -0.05) is 18.2 Å². The number of aliphatic carboxylic acids is 1. The number of nitrogens with two attached hydrogens (primary N) is 1. The quantitative estimate of drug-likeness (QED) is 0.659. The van der Waals surface area contributed by atoms with Gasteiger partial charge in [0.05, 0.1) is 5.54 Å². The standard InChI is InChI=1S/C15H19N3O3/c1-15(2,16)14(21)18-12(13(19)20)7-9-8-17-11-6-4-3-5-10(9)11/h3-6,8,12,17H,7,16H2,1-2H3,(H,18,21)(H,19,20)/t12-/m1/s1. The molecule has 21 heavy (non-hydrogen) atoms. The zero-order valence-corrected chi connectivity index (χ0v) is 12.0. The van der Waals surface area contributed by atoms with E-state index in [0.717, 1.165) is 16.5 Å². The van der Waals surface area contributed by atoms with Crippen LogP contribution in [0.1, 0.15) is 19.4 Å². The summed E-state index contributed by atoms with van der Waals surface area (Å²) in [7, 11) is 0. The third-order valence-electron chi connectivity index (χ3n) is 3.29. The fourth-order valence-corrected chi connectivity index (χ4v) is 2.06. The van der Waals surface area contributed by atoms with Crippen molar-refractivity contribution in [2.45, 2.75) is 31.8 Å². The van der Waals surface area contributed by atoms with Crippen LogP contribution >= 0.6 is 0 Å². The molecule has 6 nitrogen and oxygen atoms in total. The average Bonchev–Trinajstić information content (AvgIpc) is 2.80. The maximum Gasteiger partial charge on any atom is 0.326 e. The van der Waals surface area contributed by atoms with Crippen LogP contribution in [0.15, 0.2) is 30.5 Å². The number of carboxylic acids is 1. The molecule has 1 aromatic heterocycles. The van der Waals surface area contributed by atoms with Gasteiger partial charge in [0.1, 0.15) is 6.04 Å². The van der Waals surface area contributed by atoms with Gasteiger partial charge in [-0.3, -0.25) is 4.79 Å². The van der Waals surface area contributed by atoms with Gasteiger partial charge in [-0.2, -0.15) is 0 Å². The van der Waals surface area contributed by atoms with Gasteiger partial charge >= 0.3 is 5.97 Å². The van der Waals surface area contributed by atoms with Crippen molar-refractivity contribution in [3.05, 3.63) is 36.0 Å². The van der Waals surface area contributed by atoms with E-state index in [2.05, 4.69) is 10.3 Å². The summed E-state index contributed by atoms with van der Waals surface area (Å²) in [6.45, 7) is 3.07. The Morgan fingerprint density at radius 3 is 2.67 bits per heavy atom. The number of aromatic nitrogens is 1. The van der Waals surface area contributed by atoms with Crippen LogP contribution < -0.4 is 11.1 Å². The first-order valence-corrected chi connectivity index (χ1v) is 6.66. The van der Waals surface area contributed by atoms with Crippen molar-refractivity contribution in [3.8, 4) is 0 Å². The fourth-order valence-electron chi connectivity index (χ4n) is 2.06. The van der Waals surface area contributed by atoms with Gasteiger partial charge in [0.15, 0.2) is 0 Å². The molecule has 2 aromatic rings. The van der Waals surface area contributed by atoms with Gasteiger partial charge in [-0.15, -0.1) is 0 Å². The number of nitrogens with one attached hydrogen (secondary N) is 2. The van der Waals surface area contributed by atoms with Gasteiger partial charge < -0.3 is 21.1 Å². The predicted molar refractivity (Wildman–Crippen MR) is 79.8 cm³/mol. The van der Waals surface area contributed by atoms with Crippen molar-refractivity contribution in [2.24, 2.45) is 5.73 Å². The third kappa shape index (κ3) is 3.41. The molecule has 0 aliphatic carbocycles. The van der Waals surface area contributed by atoms with E-state index in [1.54, 1.807) is 6.20 Å². The Morgan fingerprint density at radius 2 is 2.05 bits per heavy atom. The largest absolute Gasteiger partial charge is 0.480 e. The summed E-state index contributed by atoms with van der Waals surface area (Å²) in [6, 6.07) is 6.59. The van der Waals surface area contributed by atoms with E-state index in [1.165, 1.54) is 13.8 Å². The summed E-state index contributed by atoms with van der Waals surface area (Å²) in [5.41, 5.74) is 6.34. The molecular weight excluding hydrogens is 270 g/mol. The molecule has 1 aromatic carbocycles. The van der Waals surface area contributed by atoms with Gasteiger partial charge in [0.25, 0.3) is 0 Å². The van der Waals surface area contributed by atoms with E-state index in [-0.39, 0.29) is 6.42 Å². The molecule has 0 aliphatic heterocycles. The molecule has 112 valence electrons. The number of benzene rings is 1. The number of aromatic amines is 1. The lowest BCUT2D eigenvalue weighted by Gasteiger charge is -2.21. The fraction of sp³-hybridized carbons (Fsp3) is 0.333. The van der Waals surface area contributed by atoms with E-state index in [4.69, 9.17) is 5.73 Å². The number of hydrogen-bond donors (Lipinski definition) is 4. The minimum absolute atomic E-state index is 0.196. The first-order valence-electron chi connectivity index (χ1n) is 6.66. The Hall–Kier alpha value is -2.34. The lowest BCUT2D eigenvalue weighted by Crippen LogP contribution is -2.54. The number of carbonyl (C=O) groups excluding carboxylic acids is 1. The molecule has 5 N–H and O–H groups in total. The number of rotatable bonds is 5. The molecule has 1 atom stereocenters. The van der Waals surface area contributed by atoms with Crippen LogP contribution in [0.4, 0.5) is 0 Å². The highest BCUT2D eigenvalue weighted by Crippen LogP contribution is 2.19. The second-order valence-corrected chi connectivity index (χ2v) is 5.65. The van der Waals surface area contributed by atoms with Crippen LogP contribution in [-0.4, -0.2) is 33.5 Å². The van der Waals surface area contributed by atoms with Gasteiger partial charge in [0, 0.05) is 23.5 Å². The highest BCUT2D eigenvalue weighted by atomic mass is 16.4. The zero-order chi connectivity index (χ0) is 15.6. The Morgan fingerprint density at radius 1 is 1.38 bits per heavy atom. The number of amides is 1.